The van der Waals surface area contributed by atoms with Gasteiger partial charge in [-0.3, -0.25) is 4.79 Å². The van der Waals surface area contributed by atoms with Gasteiger partial charge in [-0.1, -0.05) is 12.8 Å². The number of aromatic nitrogens is 2. The molecule has 1 aliphatic carbocycles. The highest BCUT2D eigenvalue weighted by Gasteiger charge is 2.31. The molecule has 18 heavy (non-hydrogen) atoms. The Kier molecular flexibility index (Phi) is 4.01. The monoisotopic (exact) mass is 250 g/mol. The molecule has 0 bridgehead atoms. The molecule has 5 nitrogen and oxygen atoms in total. The van der Waals surface area contributed by atoms with Crippen molar-refractivity contribution >= 4 is 5.91 Å². The Bertz CT molecular complexity index is 382. The number of nitrogens with two attached hydrogens (primary N) is 1. The van der Waals surface area contributed by atoms with Gasteiger partial charge in [0.1, 0.15) is 0 Å². The van der Waals surface area contributed by atoms with Gasteiger partial charge in [-0.05, 0) is 19.8 Å². The molecular weight excluding hydrogens is 228 g/mol. The minimum absolute atomic E-state index is 0.0621. The van der Waals surface area contributed by atoms with Gasteiger partial charge in [-0.25, -0.2) is 4.98 Å². The highest BCUT2D eigenvalue weighted by molar-refractivity contribution is 5.77. The molecule has 1 aromatic heterocycles. The molecule has 0 aromatic carbocycles. The topological polar surface area (TPSA) is 72.9 Å². The van der Waals surface area contributed by atoms with Gasteiger partial charge in [0.05, 0.1) is 6.33 Å². The molecule has 1 aromatic rings. The van der Waals surface area contributed by atoms with Gasteiger partial charge in [-0.2, -0.15) is 0 Å². The first kappa shape index (κ1) is 13.1. The average molecular weight is 250 g/mol. The van der Waals surface area contributed by atoms with Gasteiger partial charge in [0, 0.05) is 36.9 Å². The van der Waals surface area contributed by atoms with E-state index in [0.29, 0.717) is 6.42 Å². The van der Waals surface area contributed by atoms with Crippen LogP contribution in [0.1, 0.15) is 39.0 Å². The normalized spacial score (nSPS) is 19.7. The molecule has 0 spiro atoms. The van der Waals surface area contributed by atoms with Crippen molar-refractivity contribution < 1.29 is 4.79 Å². The molecule has 1 atom stereocenters. The molecule has 0 aliphatic heterocycles. The van der Waals surface area contributed by atoms with Crippen LogP contribution in [0.4, 0.5) is 0 Å². The van der Waals surface area contributed by atoms with Crippen molar-refractivity contribution in [2.75, 3.05) is 0 Å². The zero-order chi connectivity index (χ0) is 13.0. The average Bonchev–Trinajstić information content (AvgIpc) is 2.89. The van der Waals surface area contributed by atoms with Crippen LogP contribution >= 0.6 is 0 Å². The number of amides is 1. The van der Waals surface area contributed by atoms with E-state index in [0.717, 1.165) is 32.2 Å². The SMILES string of the molecule is CC(Cn1ccnc1)NC(=O)CC1(N)CCCC1. The second kappa shape index (κ2) is 5.52. The summed E-state index contributed by atoms with van der Waals surface area (Å²) in [5.74, 6) is 0.0621. The van der Waals surface area contributed by atoms with E-state index in [1.807, 2.05) is 17.7 Å². The van der Waals surface area contributed by atoms with Crippen molar-refractivity contribution in [2.45, 2.75) is 57.2 Å². The minimum Gasteiger partial charge on any atom is -0.352 e. The summed E-state index contributed by atoms with van der Waals surface area (Å²) in [5, 5.41) is 3.00. The molecule has 5 heteroatoms. The van der Waals surface area contributed by atoms with Crippen LogP contribution < -0.4 is 11.1 Å². The summed E-state index contributed by atoms with van der Waals surface area (Å²) in [4.78, 5) is 15.9. The molecular formula is C13H22N4O. The number of carbonyl (C=O) groups excluding carboxylic acids is 1. The lowest BCUT2D eigenvalue weighted by Crippen LogP contribution is -2.44. The van der Waals surface area contributed by atoms with E-state index in [1.165, 1.54) is 0 Å². The highest BCUT2D eigenvalue weighted by Crippen LogP contribution is 2.29. The molecule has 1 aliphatic rings. The molecule has 0 radical (unpaired) electrons. The van der Waals surface area contributed by atoms with Crippen molar-refractivity contribution in [1.82, 2.24) is 14.9 Å². The van der Waals surface area contributed by atoms with Crippen LogP contribution in [-0.4, -0.2) is 27.0 Å². The number of nitrogens with one attached hydrogen (secondary N) is 1. The third kappa shape index (κ3) is 3.57. The van der Waals surface area contributed by atoms with Crippen molar-refractivity contribution in [3.8, 4) is 0 Å². The number of carbonyl (C=O) groups is 1. The number of hydrogen-bond donors (Lipinski definition) is 2. The lowest BCUT2D eigenvalue weighted by Gasteiger charge is -2.24. The summed E-state index contributed by atoms with van der Waals surface area (Å²) in [5.41, 5.74) is 5.93. The summed E-state index contributed by atoms with van der Waals surface area (Å²) in [6, 6.07) is 0.0942. The van der Waals surface area contributed by atoms with Gasteiger partial charge in [0.25, 0.3) is 0 Å². The first-order valence-electron chi connectivity index (χ1n) is 6.61. The predicted molar refractivity (Wildman–Crippen MR) is 69.8 cm³/mol. The molecule has 0 saturated heterocycles. The van der Waals surface area contributed by atoms with Gasteiger partial charge >= 0.3 is 0 Å². The fourth-order valence-electron chi connectivity index (χ4n) is 2.66. The second-order valence-corrected chi connectivity index (χ2v) is 5.47. The summed E-state index contributed by atoms with van der Waals surface area (Å²) in [6.07, 6.45) is 10.1. The maximum absolute atomic E-state index is 11.9. The van der Waals surface area contributed by atoms with Crippen LogP contribution in [-0.2, 0) is 11.3 Å². The molecule has 1 unspecified atom stereocenters. The van der Waals surface area contributed by atoms with Crippen molar-refractivity contribution in [3.63, 3.8) is 0 Å². The molecule has 1 heterocycles. The number of imidazole rings is 1. The standard InChI is InChI=1S/C13H22N4O/c1-11(9-17-7-6-15-10-17)16-12(18)8-13(14)4-2-3-5-13/h6-7,10-11H,2-5,8-9,14H2,1H3,(H,16,18). The lowest BCUT2D eigenvalue weighted by molar-refractivity contribution is -0.122. The molecule has 1 fully saturated rings. The number of nitrogens with zero attached hydrogens (tertiary/aromatic N) is 2. The summed E-state index contributed by atoms with van der Waals surface area (Å²) < 4.78 is 1.96. The van der Waals surface area contributed by atoms with E-state index < -0.39 is 0 Å². The van der Waals surface area contributed by atoms with Crippen LogP contribution in [0.5, 0.6) is 0 Å². The van der Waals surface area contributed by atoms with E-state index >= 15 is 0 Å². The van der Waals surface area contributed by atoms with E-state index in [1.54, 1.807) is 12.5 Å². The molecule has 2 rings (SSSR count). The zero-order valence-corrected chi connectivity index (χ0v) is 10.9. The number of rotatable bonds is 5. The fourth-order valence-corrected chi connectivity index (χ4v) is 2.66. The van der Waals surface area contributed by atoms with Gasteiger partial charge in [0.15, 0.2) is 0 Å². The Balaban J connectivity index is 1.76. The minimum atomic E-state index is -0.265. The van der Waals surface area contributed by atoms with Gasteiger partial charge in [-0.15, -0.1) is 0 Å². The maximum Gasteiger partial charge on any atom is 0.222 e. The van der Waals surface area contributed by atoms with Gasteiger partial charge in [0.2, 0.25) is 5.91 Å². The second-order valence-electron chi connectivity index (χ2n) is 5.47. The van der Waals surface area contributed by atoms with Crippen LogP contribution in [0.15, 0.2) is 18.7 Å². The summed E-state index contributed by atoms with van der Waals surface area (Å²) >= 11 is 0. The third-order valence-electron chi connectivity index (χ3n) is 3.56. The Hall–Kier alpha value is -1.36. The van der Waals surface area contributed by atoms with Crippen LogP contribution in [0.3, 0.4) is 0 Å². The Labute approximate surface area is 108 Å². The largest absolute Gasteiger partial charge is 0.352 e. The first-order chi connectivity index (χ1) is 8.57. The highest BCUT2D eigenvalue weighted by atomic mass is 16.1. The molecule has 100 valence electrons. The third-order valence-corrected chi connectivity index (χ3v) is 3.56. The van der Waals surface area contributed by atoms with Crippen molar-refractivity contribution in [3.05, 3.63) is 18.7 Å². The Morgan fingerprint density at radius 1 is 1.56 bits per heavy atom. The van der Waals surface area contributed by atoms with E-state index in [-0.39, 0.29) is 17.5 Å². The predicted octanol–water partition coefficient (Wildman–Crippen LogP) is 1.05. The van der Waals surface area contributed by atoms with Crippen LogP contribution in [0, 0.1) is 0 Å². The lowest BCUT2D eigenvalue weighted by atomic mass is 9.94. The maximum atomic E-state index is 11.9. The Morgan fingerprint density at radius 3 is 2.89 bits per heavy atom. The number of hydrogen-bond acceptors (Lipinski definition) is 3. The van der Waals surface area contributed by atoms with Crippen LogP contribution in [0.25, 0.3) is 0 Å². The van der Waals surface area contributed by atoms with E-state index in [4.69, 9.17) is 5.73 Å². The Morgan fingerprint density at radius 2 is 2.28 bits per heavy atom. The molecule has 3 N–H and O–H groups in total. The quantitative estimate of drug-likeness (QED) is 0.820. The van der Waals surface area contributed by atoms with Crippen molar-refractivity contribution in [1.29, 1.82) is 0 Å². The molecule has 1 amide bonds. The van der Waals surface area contributed by atoms with Crippen LogP contribution in [0.2, 0.25) is 0 Å². The van der Waals surface area contributed by atoms with Crippen molar-refractivity contribution in [2.24, 2.45) is 5.73 Å². The fraction of sp³-hybridized carbons (Fsp3) is 0.692. The van der Waals surface area contributed by atoms with E-state index in [2.05, 4.69) is 10.3 Å². The van der Waals surface area contributed by atoms with Gasteiger partial charge < -0.3 is 15.6 Å². The van der Waals surface area contributed by atoms with E-state index in [9.17, 15) is 4.79 Å². The zero-order valence-electron chi connectivity index (χ0n) is 10.9. The summed E-state index contributed by atoms with van der Waals surface area (Å²) in [7, 11) is 0. The summed E-state index contributed by atoms with van der Waals surface area (Å²) in [6.45, 7) is 2.74. The molecule has 1 saturated carbocycles. The first-order valence-corrected chi connectivity index (χ1v) is 6.61. The smallest absolute Gasteiger partial charge is 0.222 e.